The molecule has 0 bridgehead atoms. The van der Waals surface area contributed by atoms with Crippen molar-refractivity contribution in [1.82, 2.24) is 10.6 Å². The number of ether oxygens (including phenoxy) is 1. The molecular weight excluding hydrogens is 401 g/mol. The maximum Gasteiger partial charge on any atom is 0.191 e. The van der Waals surface area contributed by atoms with E-state index in [2.05, 4.69) is 53.7 Å². The summed E-state index contributed by atoms with van der Waals surface area (Å²) in [5, 5.41) is 6.66. The van der Waals surface area contributed by atoms with Crippen molar-refractivity contribution in [2.75, 3.05) is 32.8 Å². The Hall–Kier alpha value is -0.820. The van der Waals surface area contributed by atoms with E-state index in [9.17, 15) is 0 Å². The number of hydrogen-bond donors (Lipinski definition) is 2. The number of aliphatic imine (C=N–C) groups is 1. The number of halogens is 1. The zero-order chi connectivity index (χ0) is 15.9. The number of unbranched alkanes of at least 4 members (excludes halogenated alkanes) is 1. The summed E-state index contributed by atoms with van der Waals surface area (Å²) in [6.07, 6.45) is 4.31. The van der Waals surface area contributed by atoms with Gasteiger partial charge in [0.15, 0.2) is 5.96 Å². The van der Waals surface area contributed by atoms with E-state index in [1.807, 2.05) is 6.07 Å². The number of nitrogens with one attached hydrogen (secondary N) is 2. The van der Waals surface area contributed by atoms with E-state index >= 15 is 0 Å². The number of nitrogens with zero attached hydrogens (tertiary/aromatic N) is 1. The zero-order valence-electron chi connectivity index (χ0n) is 14.5. The Kier molecular flexibility index (Phi) is 15.5. The summed E-state index contributed by atoms with van der Waals surface area (Å²) in [4.78, 5) is 4.58. The highest BCUT2D eigenvalue weighted by Gasteiger charge is 1.97. The summed E-state index contributed by atoms with van der Waals surface area (Å²) < 4.78 is 5.54. The summed E-state index contributed by atoms with van der Waals surface area (Å²) in [6.45, 7) is 8.50. The van der Waals surface area contributed by atoms with Gasteiger partial charge in [-0.1, -0.05) is 43.7 Å². The average molecular weight is 433 g/mol. The minimum Gasteiger partial charge on any atom is -0.381 e. The SMILES string of the molecule is CCCCOCCCN=C(NCC)NCCc1ccccc1.I. The molecule has 1 rings (SSSR count). The van der Waals surface area contributed by atoms with Gasteiger partial charge in [-0.05, 0) is 31.7 Å². The van der Waals surface area contributed by atoms with Crippen LogP contribution in [0.15, 0.2) is 35.3 Å². The van der Waals surface area contributed by atoms with Crippen LogP contribution >= 0.6 is 24.0 Å². The normalized spacial score (nSPS) is 11.0. The zero-order valence-corrected chi connectivity index (χ0v) is 16.8. The Labute approximate surface area is 158 Å². The predicted octanol–water partition coefficient (Wildman–Crippen LogP) is 3.61. The van der Waals surface area contributed by atoms with Crippen LogP contribution in [0.25, 0.3) is 0 Å². The van der Waals surface area contributed by atoms with Gasteiger partial charge in [0.2, 0.25) is 0 Å². The van der Waals surface area contributed by atoms with Crippen molar-refractivity contribution < 1.29 is 4.74 Å². The van der Waals surface area contributed by atoms with E-state index < -0.39 is 0 Å². The van der Waals surface area contributed by atoms with Gasteiger partial charge in [0.1, 0.15) is 0 Å². The smallest absolute Gasteiger partial charge is 0.191 e. The molecule has 132 valence electrons. The summed E-state index contributed by atoms with van der Waals surface area (Å²) >= 11 is 0. The van der Waals surface area contributed by atoms with E-state index in [1.54, 1.807) is 0 Å². The first-order valence-corrected chi connectivity index (χ1v) is 8.50. The van der Waals surface area contributed by atoms with Crippen molar-refractivity contribution >= 4 is 29.9 Å². The van der Waals surface area contributed by atoms with E-state index in [4.69, 9.17) is 4.74 Å². The summed E-state index contributed by atoms with van der Waals surface area (Å²) in [5.74, 6) is 0.895. The fraction of sp³-hybridized carbons (Fsp3) is 0.611. The van der Waals surface area contributed by atoms with E-state index in [0.717, 1.165) is 58.1 Å². The minimum atomic E-state index is 0. The molecule has 0 saturated heterocycles. The van der Waals surface area contributed by atoms with Crippen LogP contribution in [-0.4, -0.2) is 38.8 Å². The highest BCUT2D eigenvalue weighted by atomic mass is 127. The van der Waals surface area contributed by atoms with Gasteiger partial charge in [-0.3, -0.25) is 4.99 Å². The standard InChI is InChI=1S/C18H31N3O.HI/c1-3-5-15-22-16-9-13-20-18(19-4-2)21-14-12-17-10-7-6-8-11-17;/h6-8,10-11H,3-5,9,12-16H2,1-2H3,(H2,19,20,21);1H. The molecule has 1 aromatic rings. The van der Waals surface area contributed by atoms with Gasteiger partial charge in [0, 0.05) is 32.8 Å². The van der Waals surface area contributed by atoms with Crippen LogP contribution in [0, 0.1) is 0 Å². The lowest BCUT2D eigenvalue weighted by atomic mass is 10.1. The molecule has 4 nitrogen and oxygen atoms in total. The van der Waals surface area contributed by atoms with Crippen LogP contribution in [-0.2, 0) is 11.2 Å². The van der Waals surface area contributed by atoms with Gasteiger partial charge in [0.05, 0.1) is 0 Å². The van der Waals surface area contributed by atoms with Gasteiger partial charge >= 0.3 is 0 Å². The third-order valence-corrected chi connectivity index (χ3v) is 3.25. The molecule has 5 heteroatoms. The minimum absolute atomic E-state index is 0. The molecule has 2 N–H and O–H groups in total. The second-order valence-electron chi connectivity index (χ2n) is 5.24. The maximum atomic E-state index is 5.54. The number of benzene rings is 1. The predicted molar refractivity (Wildman–Crippen MR) is 110 cm³/mol. The summed E-state index contributed by atoms with van der Waals surface area (Å²) in [6, 6.07) is 10.5. The molecule has 1 aromatic carbocycles. The highest BCUT2D eigenvalue weighted by Crippen LogP contribution is 1.98. The molecule has 0 aliphatic carbocycles. The van der Waals surface area contributed by atoms with Crippen LogP contribution in [0.4, 0.5) is 0 Å². The Balaban J connectivity index is 0.00000484. The lowest BCUT2D eigenvalue weighted by Crippen LogP contribution is -2.38. The van der Waals surface area contributed by atoms with E-state index in [-0.39, 0.29) is 24.0 Å². The first-order valence-electron chi connectivity index (χ1n) is 8.50. The third kappa shape index (κ3) is 12.3. The van der Waals surface area contributed by atoms with Crippen molar-refractivity contribution in [2.45, 2.75) is 39.5 Å². The quantitative estimate of drug-likeness (QED) is 0.243. The number of guanidine groups is 1. The Bertz CT molecular complexity index is 399. The first-order chi connectivity index (χ1) is 10.9. The Morgan fingerprint density at radius 2 is 1.78 bits per heavy atom. The largest absolute Gasteiger partial charge is 0.381 e. The fourth-order valence-corrected chi connectivity index (χ4v) is 2.02. The topological polar surface area (TPSA) is 45.6 Å². The van der Waals surface area contributed by atoms with Gasteiger partial charge in [-0.2, -0.15) is 0 Å². The number of hydrogen-bond acceptors (Lipinski definition) is 2. The summed E-state index contributed by atoms with van der Waals surface area (Å²) in [5.41, 5.74) is 1.34. The van der Waals surface area contributed by atoms with Crippen molar-refractivity contribution in [1.29, 1.82) is 0 Å². The van der Waals surface area contributed by atoms with Crippen LogP contribution in [0.5, 0.6) is 0 Å². The molecule has 0 heterocycles. The average Bonchev–Trinajstić information content (AvgIpc) is 2.55. The molecule has 0 aliphatic rings. The lowest BCUT2D eigenvalue weighted by molar-refractivity contribution is 0.130. The molecule has 0 radical (unpaired) electrons. The molecule has 0 aliphatic heterocycles. The molecular formula is C18H32IN3O. The van der Waals surface area contributed by atoms with Gasteiger partial charge in [-0.15, -0.1) is 24.0 Å². The van der Waals surface area contributed by atoms with Crippen LogP contribution in [0.2, 0.25) is 0 Å². The monoisotopic (exact) mass is 433 g/mol. The molecule has 23 heavy (non-hydrogen) atoms. The second-order valence-corrected chi connectivity index (χ2v) is 5.24. The van der Waals surface area contributed by atoms with Crippen LogP contribution < -0.4 is 10.6 Å². The van der Waals surface area contributed by atoms with Gasteiger partial charge in [-0.25, -0.2) is 0 Å². The molecule has 0 unspecified atom stereocenters. The highest BCUT2D eigenvalue weighted by molar-refractivity contribution is 14.0. The third-order valence-electron chi connectivity index (χ3n) is 3.25. The van der Waals surface area contributed by atoms with Crippen molar-refractivity contribution in [3.05, 3.63) is 35.9 Å². The molecule has 0 saturated carbocycles. The molecule has 0 aromatic heterocycles. The Morgan fingerprint density at radius 1 is 1.04 bits per heavy atom. The van der Waals surface area contributed by atoms with E-state index in [1.165, 1.54) is 12.0 Å². The van der Waals surface area contributed by atoms with E-state index in [0.29, 0.717) is 0 Å². The van der Waals surface area contributed by atoms with Gasteiger partial charge < -0.3 is 15.4 Å². The fourth-order valence-electron chi connectivity index (χ4n) is 2.02. The van der Waals surface area contributed by atoms with Crippen molar-refractivity contribution in [3.63, 3.8) is 0 Å². The lowest BCUT2D eigenvalue weighted by Gasteiger charge is -2.11. The number of rotatable bonds is 11. The first kappa shape index (κ1) is 22.2. The Morgan fingerprint density at radius 3 is 2.48 bits per heavy atom. The molecule has 0 atom stereocenters. The van der Waals surface area contributed by atoms with Crippen molar-refractivity contribution in [3.8, 4) is 0 Å². The molecule has 0 spiro atoms. The van der Waals surface area contributed by atoms with Gasteiger partial charge in [0.25, 0.3) is 0 Å². The molecule has 0 amide bonds. The molecule has 0 fully saturated rings. The van der Waals surface area contributed by atoms with Crippen LogP contribution in [0.1, 0.15) is 38.7 Å². The maximum absolute atomic E-state index is 5.54. The second kappa shape index (κ2) is 16.1. The van der Waals surface area contributed by atoms with Crippen molar-refractivity contribution in [2.24, 2.45) is 4.99 Å². The van der Waals surface area contributed by atoms with Crippen LogP contribution in [0.3, 0.4) is 0 Å². The summed E-state index contributed by atoms with van der Waals surface area (Å²) in [7, 11) is 0.